The zero-order valence-corrected chi connectivity index (χ0v) is 11.2. The highest BCUT2D eigenvalue weighted by molar-refractivity contribution is 8.00. The molecule has 0 bridgehead atoms. The Kier molecular flexibility index (Phi) is 2.95. The van der Waals surface area contributed by atoms with E-state index in [9.17, 15) is 5.11 Å². The second-order valence-electron chi connectivity index (χ2n) is 5.62. The maximum atomic E-state index is 10.4. The minimum Gasteiger partial charge on any atom is -0.392 e. The lowest BCUT2D eigenvalue weighted by Gasteiger charge is -2.36. The van der Waals surface area contributed by atoms with Gasteiger partial charge in [0.25, 0.3) is 0 Å². The fraction of sp³-hybridized carbons (Fsp3) is 0.600. The molecule has 0 radical (unpaired) electrons. The number of aliphatic hydroxyl groups excluding tert-OH is 1. The van der Waals surface area contributed by atoms with Crippen molar-refractivity contribution >= 4 is 11.8 Å². The van der Waals surface area contributed by atoms with Gasteiger partial charge in [0.05, 0.1) is 6.10 Å². The first-order chi connectivity index (χ1) is 8.19. The van der Waals surface area contributed by atoms with E-state index < -0.39 is 0 Å². The summed E-state index contributed by atoms with van der Waals surface area (Å²) in [5.41, 5.74) is 2.95. The van der Waals surface area contributed by atoms with Crippen LogP contribution in [0.4, 0.5) is 0 Å². The van der Waals surface area contributed by atoms with Gasteiger partial charge in [0.15, 0.2) is 0 Å². The molecule has 0 amide bonds. The van der Waals surface area contributed by atoms with Gasteiger partial charge in [-0.1, -0.05) is 24.3 Å². The number of benzene rings is 1. The third kappa shape index (κ3) is 2.02. The monoisotopic (exact) mass is 248 g/mol. The Hall–Kier alpha value is -0.470. The highest BCUT2D eigenvalue weighted by Crippen LogP contribution is 2.45. The first-order valence-corrected chi connectivity index (χ1v) is 7.57. The molecule has 1 heterocycles. The van der Waals surface area contributed by atoms with Gasteiger partial charge in [0.1, 0.15) is 0 Å². The molecule has 1 aromatic rings. The van der Waals surface area contributed by atoms with Crippen LogP contribution in [0.3, 0.4) is 0 Å². The van der Waals surface area contributed by atoms with Crippen LogP contribution in [0.25, 0.3) is 0 Å². The van der Waals surface area contributed by atoms with Gasteiger partial charge in [0.2, 0.25) is 0 Å². The molecule has 1 aliphatic heterocycles. The van der Waals surface area contributed by atoms with Gasteiger partial charge in [-0.2, -0.15) is 11.8 Å². The lowest BCUT2D eigenvalue weighted by molar-refractivity contribution is 0.113. The summed E-state index contributed by atoms with van der Waals surface area (Å²) in [4.78, 5) is 0. The van der Waals surface area contributed by atoms with Crippen LogP contribution >= 0.6 is 11.8 Å². The second kappa shape index (κ2) is 4.33. The Morgan fingerprint density at radius 2 is 2.29 bits per heavy atom. The summed E-state index contributed by atoms with van der Waals surface area (Å²) < 4.78 is 0.116. The molecule has 0 aromatic heterocycles. The normalized spacial score (nSPS) is 32.9. The van der Waals surface area contributed by atoms with E-state index in [0.29, 0.717) is 5.92 Å². The van der Waals surface area contributed by atoms with E-state index in [1.165, 1.54) is 29.7 Å². The van der Waals surface area contributed by atoms with Gasteiger partial charge in [-0.3, -0.25) is 0 Å². The van der Waals surface area contributed by atoms with Crippen LogP contribution in [0.5, 0.6) is 0 Å². The van der Waals surface area contributed by atoms with E-state index in [1.54, 1.807) is 0 Å². The third-order valence-electron chi connectivity index (χ3n) is 4.42. The van der Waals surface area contributed by atoms with Crippen molar-refractivity contribution in [2.75, 3.05) is 5.75 Å². The van der Waals surface area contributed by atoms with Crippen molar-refractivity contribution in [1.29, 1.82) is 0 Å². The molecular weight excluding hydrogens is 228 g/mol. The first-order valence-electron chi connectivity index (χ1n) is 6.59. The van der Waals surface area contributed by atoms with Gasteiger partial charge in [-0.25, -0.2) is 0 Å². The van der Waals surface area contributed by atoms with Crippen molar-refractivity contribution in [2.24, 2.45) is 0 Å². The van der Waals surface area contributed by atoms with Gasteiger partial charge < -0.3 is 5.11 Å². The summed E-state index contributed by atoms with van der Waals surface area (Å²) in [5.74, 6) is 1.81. The predicted octanol–water partition coefficient (Wildman–Crippen LogP) is 3.36. The number of rotatable bonds is 3. The molecule has 2 aliphatic rings. The lowest BCUT2D eigenvalue weighted by atomic mass is 9.73. The molecule has 0 spiro atoms. The number of fused-ring (bicyclic) bond motifs is 1. The third-order valence-corrected chi connectivity index (χ3v) is 6.05. The fourth-order valence-corrected chi connectivity index (χ4v) is 4.49. The van der Waals surface area contributed by atoms with Gasteiger partial charge in [-0.05, 0) is 55.4 Å². The Morgan fingerprint density at radius 3 is 3.00 bits per heavy atom. The zero-order chi connectivity index (χ0) is 11.9. The molecule has 2 heteroatoms. The Labute approximate surface area is 108 Å². The summed E-state index contributed by atoms with van der Waals surface area (Å²) in [6, 6.07) is 8.66. The average molecular weight is 248 g/mol. The van der Waals surface area contributed by atoms with Crippen LogP contribution < -0.4 is 0 Å². The van der Waals surface area contributed by atoms with E-state index >= 15 is 0 Å². The molecule has 1 fully saturated rings. The number of hydrogen-bond acceptors (Lipinski definition) is 2. The Morgan fingerprint density at radius 1 is 1.47 bits per heavy atom. The zero-order valence-electron chi connectivity index (χ0n) is 10.4. The first kappa shape index (κ1) is 11.6. The molecule has 1 saturated heterocycles. The van der Waals surface area contributed by atoms with E-state index in [4.69, 9.17) is 0 Å². The molecule has 0 saturated carbocycles. The van der Waals surface area contributed by atoms with Crippen molar-refractivity contribution in [3.63, 3.8) is 0 Å². The van der Waals surface area contributed by atoms with Crippen molar-refractivity contribution in [3.8, 4) is 0 Å². The lowest BCUT2D eigenvalue weighted by Crippen LogP contribution is -2.36. The molecule has 3 unspecified atom stereocenters. The van der Waals surface area contributed by atoms with Crippen molar-refractivity contribution in [1.82, 2.24) is 0 Å². The van der Waals surface area contributed by atoms with E-state index in [1.807, 2.05) is 11.8 Å². The minimum absolute atomic E-state index is 0.116. The second-order valence-corrected chi connectivity index (χ2v) is 7.25. The maximum absolute atomic E-state index is 10.4. The van der Waals surface area contributed by atoms with Crippen molar-refractivity contribution < 1.29 is 5.11 Å². The largest absolute Gasteiger partial charge is 0.392 e. The van der Waals surface area contributed by atoms with Crippen LogP contribution in [-0.4, -0.2) is 21.7 Å². The summed E-state index contributed by atoms with van der Waals surface area (Å²) in [7, 11) is 0. The highest BCUT2D eigenvalue weighted by atomic mass is 32.2. The van der Waals surface area contributed by atoms with E-state index in [2.05, 4.69) is 31.2 Å². The minimum atomic E-state index is -0.145. The van der Waals surface area contributed by atoms with Crippen LogP contribution in [0, 0.1) is 0 Å². The highest BCUT2D eigenvalue weighted by Gasteiger charge is 2.39. The van der Waals surface area contributed by atoms with E-state index in [-0.39, 0.29) is 10.9 Å². The molecule has 3 atom stereocenters. The van der Waals surface area contributed by atoms with E-state index in [0.717, 1.165) is 12.8 Å². The SMILES string of the molecule is CC1(C(O)CC2Cc3ccccc32)CCCS1. The summed E-state index contributed by atoms with van der Waals surface area (Å²) in [6.07, 6.45) is 4.40. The molecule has 92 valence electrons. The molecule has 17 heavy (non-hydrogen) atoms. The Balaban J connectivity index is 1.66. The predicted molar refractivity (Wildman–Crippen MR) is 73.6 cm³/mol. The molecule has 1 N–H and O–H groups in total. The fourth-order valence-electron chi connectivity index (χ4n) is 3.16. The number of hydrogen-bond donors (Lipinski definition) is 1. The molecule has 1 aliphatic carbocycles. The van der Waals surface area contributed by atoms with Gasteiger partial charge in [0, 0.05) is 4.75 Å². The maximum Gasteiger partial charge on any atom is 0.0690 e. The summed E-state index contributed by atoms with van der Waals surface area (Å²) in [5, 5.41) is 10.4. The van der Waals surface area contributed by atoms with Gasteiger partial charge in [-0.15, -0.1) is 0 Å². The molecule has 1 aromatic carbocycles. The molecule has 1 nitrogen and oxygen atoms in total. The standard InChI is InChI=1S/C15H20OS/c1-15(7-4-8-17-15)14(16)10-12-9-11-5-2-3-6-13(11)12/h2-3,5-6,12,14,16H,4,7-10H2,1H3. The van der Waals surface area contributed by atoms with Crippen LogP contribution in [0.1, 0.15) is 43.2 Å². The average Bonchev–Trinajstić information content (AvgIpc) is 2.74. The number of thioether (sulfide) groups is 1. The molecule has 3 rings (SSSR count). The smallest absolute Gasteiger partial charge is 0.0690 e. The van der Waals surface area contributed by atoms with Crippen molar-refractivity contribution in [3.05, 3.63) is 35.4 Å². The topological polar surface area (TPSA) is 20.2 Å². The summed E-state index contributed by atoms with van der Waals surface area (Å²) in [6.45, 7) is 2.24. The quantitative estimate of drug-likeness (QED) is 0.885. The van der Waals surface area contributed by atoms with Crippen LogP contribution in [-0.2, 0) is 6.42 Å². The van der Waals surface area contributed by atoms with Crippen LogP contribution in [0.15, 0.2) is 24.3 Å². The Bertz CT molecular complexity index is 409. The van der Waals surface area contributed by atoms with Crippen molar-refractivity contribution in [2.45, 2.75) is 49.4 Å². The van der Waals surface area contributed by atoms with Gasteiger partial charge >= 0.3 is 0 Å². The summed E-state index contributed by atoms with van der Waals surface area (Å²) >= 11 is 1.96. The van der Waals surface area contributed by atoms with Crippen LogP contribution in [0.2, 0.25) is 0 Å². The number of aliphatic hydroxyl groups is 1. The molecular formula is C15H20OS.